The Balaban J connectivity index is 1.66. The number of carbonyl (C=O) groups is 3. The summed E-state index contributed by atoms with van der Waals surface area (Å²) in [5.74, 6) is 0.184. The fourth-order valence-electron chi connectivity index (χ4n) is 3.99. The summed E-state index contributed by atoms with van der Waals surface area (Å²) in [4.78, 5) is 43.8. The Labute approximate surface area is 215 Å². The van der Waals surface area contributed by atoms with E-state index in [9.17, 15) is 14.4 Å². The molecule has 2 aromatic rings. The molecular weight excluding hydrogens is 482 g/mol. The maximum atomic E-state index is 13.2. The molecule has 1 aliphatic heterocycles. The van der Waals surface area contributed by atoms with Crippen LogP contribution in [0.5, 0.6) is 5.75 Å². The van der Waals surface area contributed by atoms with Gasteiger partial charge < -0.3 is 24.4 Å². The van der Waals surface area contributed by atoms with E-state index in [2.05, 4.69) is 10.3 Å². The van der Waals surface area contributed by atoms with E-state index >= 15 is 0 Å². The Morgan fingerprint density at radius 3 is 2.69 bits per heavy atom. The standard InChI is InChI=1S/C26H33N3O6S/c1-33-25(31)22(12-15-36-2)28-24(30)23(16-19-8-4-3-5-9-19)34-18-20-10-7-14-29(20)26(32)35-21-11-6-13-27-17-21/h3-6,8-9,11,13,17,20,22-23H,7,10,12,14-16,18H2,1-2H3,(H,28,30)/t20-,22-,23?/m0/s1. The van der Waals surface area contributed by atoms with Gasteiger partial charge in [-0.15, -0.1) is 0 Å². The number of rotatable bonds is 12. The van der Waals surface area contributed by atoms with Gasteiger partial charge in [0, 0.05) is 19.2 Å². The van der Waals surface area contributed by atoms with Gasteiger partial charge in [-0.05, 0) is 49.0 Å². The Morgan fingerprint density at radius 2 is 2.00 bits per heavy atom. The van der Waals surface area contributed by atoms with Crippen LogP contribution in [0.25, 0.3) is 0 Å². The van der Waals surface area contributed by atoms with Crippen molar-refractivity contribution in [3.05, 3.63) is 60.4 Å². The molecule has 1 unspecified atom stereocenters. The minimum absolute atomic E-state index is 0.167. The molecule has 10 heteroatoms. The number of benzene rings is 1. The van der Waals surface area contributed by atoms with Crippen molar-refractivity contribution in [2.45, 2.75) is 43.9 Å². The van der Waals surface area contributed by atoms with Crippen molar-refractivity contribution in [3.63, 3.8) is 0 Å². The second-order valence-corrected chi connectivity index (χ2v) is 9.41. The quantitative estimate of drug-likeness (QED) is 0.430. The number of nitrogens with one attached hydrogen (secondary N) is 1. The van der Waals surface area contributed by atoms with Crippen LogP contribution in [0.15, 0.2) is 54.9 Å². The minimum atomic E-state index is -0.842. The van der Waals surface area contributed by atoms with E-state index < -0.39 is 30.1 Å². The predicted molar refractivity (Wildman–Crippen MR) is 137 cm³/mol. The zero-order chi connectivity index (χ0) is 25.8. The number of hydrogen-bond donors (Lipinski definition) is 1. The summed E-state index contributed by atoms with van der Waals surface area (Å²) < 4.78 is 16.4. The Kier molecular flexibility index (Phi) is 11.0. The highest BCUT2D eigenvalue weighted by atomic mass is 32.2. The average Bonchev–Trinajstić information content (AvgIpc) is 3.38. The first-order valence-corrected chi connectivity index (χ1v) is 13.3. The van der Waals surface area contributed by atoms with E-state index in [1.165, 1.54) is 13.3 Å². The highest BCUT2D eigenvalue weighted by molar-refractivity contribution is 7.98. The van der Waals surface area contributed by atoms with Gasteiger partial charge >= 0.3 is 12.1 Å². The highest BCUT2D eigenvalue weighted by Crippen LogP contribution is 2.21. The van der Waals surface area contributed by atoms with Gasteiger partial charge in [0.2, 0.25) is 5.91 Å². The molecule has 1 fully saturated rings. The summed E-state index contributed by atoms with van der Waals surface area (Å²) in [5.41, 5.74) is 0.927. The normalized spacial score (nSPS) is 16.7. The number of esters is 1. The Bertz CT molecular complexity index is 978. The van der Waals surface area contributed by atoms with Crippen LogP contribution in [0.4, 0.5) is 4.79 Å². The molecule has 9 nitrogen and oxygen atoms in total. The molecule has 1 saturated heterocycles. The molecule has 36 heavy (non-hydrogen) atoms. The van der Waals surface area contributed by atoms with Crippen molar-refractivity contribution < 1.29 is 28.6 Å². The lowest BCUT2D eigenvalue weighted by Gasteiger charge is -2.27. The smallest absolute Gasteiger partial charge is 0.415 e. The number of nitrogens with zero attached hydrogens (tertiary/aromatic N) is 2. The molecule has 2 heterocycles. The van der Waals surface area contributed by atoms with Crippen molar-refractivity contribution in [1.82, 2.24) is 15.2 Å². The van der Waals surface area contributed by atoms with E-state index in [-0.39, 0.29) is 12.6 Å². The molecule has 0 spiro atoms. The molecule has 1 aliphatic rings. The molecule has 3 rings (SSSR count). The first-order valence-electron chi connectivity index (χ1n) is 11.9. The lowest BCUT2D eigenvalue weighted by Crippen LogP contribution is -2.49. The molecule has 0 saturated carbocycles. The number of hydrogen-bond acceptors (Lipinski definition) is 8. The van der Waals surface area contributed by atoms with Crippen LogP contribution in [0.3, 0.4) is 0 Å². The van der Waals surface area contributed by atoms with Crippen molar-refractivity contribution in [1.29, 1.82) is 0 Å². The van der Waals surface area contributed by atoms with E-state index in [1.54, 1.807) is 35.0 Å². The number of amides is 2. The fraction of sp³-hybridized carbons (Fsp3) is 0.462. The third-order valence-corrected chi connectivity index (χ3v) is 6.55. The SMILES string of the molecule is COC(=O)[C@H](CCSC)NC(=O)C(Cc1ccccc1)OC[C@@H]1CCCN1C(=O)Oc1cccnc1. The van der Waals surface area contributed by atoms with Crippen LogP contribution in [0, 0.1) is 0 Å². The summed E-state index contributed by atoms with van der Waals surface area (Å²) >= 11 is 1.58. The molecule has 1 N–H and O–H groups in total. The van der Waals surface area contributed by atoms with Crippen LogP contribution in [0.1, 0.15) is 24.8 Å². The van der Waals surface area contributed by atoms with Crippen LogP contribution in [-0.4, -0.2) is 78.3 Å². The van der Waals surface area contributed by atoms with Crippen LogP contribution in [-0.2, 0) is 25.5 Å². The second-order valence-electron chi connectivity index (χ2n) is 8.42. The molecule has 3 atom stereocenters. The van der Waals surface area contributed by atoms with Gasteiger partial charge in [0.25, 0.3) is 0 Å². The largest absolute Gasteiger partial charge is 0.467 e. The topological polar surface area (TPSA) is 107 Å². The summed E-state index contributed by atoms with van der Waals surface area (Å²) in [6, 6.07) is 11.9. The molecule has 194 valence electrons. The number of aromatic nitrogens is 1. The van der Waals surface area contributed by atoms with Gasteiger partial charge in [0.1, 0.15) is 12.1 Å². The van der Waals surface area contributed by atoms with Crippen molar-refractivity contribution >= 4 is 29.7 Å². The van der Waals surface area contributed by atoms with Gasteiger partial charge in [0.05, 0.1) is 26.0 Å². The van der Waals surface area contributed by atoms with Gasteiger partial charge in [-0.1, -0.05) is 30.3 Å². The summed E-state index contributed by atoms with van der Waals surface area (Å²) in [6.07, 6.45) is 6.04. The third kappa shape index (κ3) is 8.23. The zero-order valence-electron chi connectivity index (χ0n) is 20.6. The molecule has 0 aliphatic carbocycles. The van der Waals surface area contributed by atoms with Crippen LogP contribution in [0.2, 0.25) is 0 Å². The zero-order valence-corrected chi connectivity index (χ0v) is 21.4. The minimum Gasteiger partial charge on any atom is -0.467 e. The van der Waals surface area contributed by atoms with E-state index in [4.69, 9.17) is 14.2 Å². The summed E-state index contributed by atoms with van der Waals surface area (Å²) in [5, 5.41) is 2.80. The molecule has 0 bridgehead atoms. The first-order chi connectivity index (χ1) is 17.5. The number of pyridine rings is 1. The Morgan fingerprint density at radius 1 is 1.19 bits per heavy atom. The number of likely N-dealkylation sites (tertiary alicyclic amines) is 1. The van der Waals surface area contributed by atoms with Crippen molar-refractivity contribution in [2.24, 2.45) is 0 Å². The average molecular weight is 516 g/mol. The number of methoxy groups -OCH3 is 1. The first kappa shape index (κ1) is 27.5. The third-order valence-electron chi connectivity index (χ3n) is 5.91. The van der Waals surface area contributed by atoms with Gasteiger partial charge in [-0.25, -0.2) is 9.59 Å². The molecule has 1 aromatic heterocycles. The lowest BCUT2D eigenvalue weighted by atomic mass is 10.1. The summed E-state index contributed by atoms with van der Waals surface area (Å²) in [7, 11) is 1.30. The second kappa shape index (κ2) is 14.4. The number of carbonyl (C=O) groups excluding carboxylic acids is 3. The number of ether oxygens (including phenoxy) is 3. The maximum absolute atomic E-state index is 13.2. The Hall–Kier alpha value is -3.11. The molecule has 1 aromatic carbocycles. The lowest BCUT2D eigenvalue weighted by molar-refractivity contribution is -0.147. The van der Waals surface area contributed by atoms with Crippen molar-refractivity contribution in [3.8, 4) is 5.75 Å². The monoisotopic (exact) mass is 515 g/mol. The molecular formula is C26H33N3O6S. The fourth-order valence-corrected chi connectivity index (χ4v) is 4.46. The van der Waals surface area contributed by atoms with Gasteiger partial charge in [-0.2, -0.15) is 11.8 Å². The van der Waals surface area contributed by atoms with Gasteiger partial charge in [-0.3, -0.25) is 9.78 Å². The van der Waals surface area contributed by atoms with E-state index in [0.717, 1.165) is 18.4 Å². The maximum Gasteiger partial charge on any atom is 0.415 e. The predicted octanol–water partition coefficient (Wildman–Crippen LogP) is 3.08. The molecule has 0 radical (unpaired) electrons. The highest BCUT2D eigenvalue weighted by Gasteiger charge is 2.33. The van der Waals surface area contributed by atoms with Crippen LogP contribution >= 0.6 is 11.8 Å². The van der Waals surface area contributed by atoms with Gasteiger partial charge in [0.15, 0.2) is 5.75 Å². The van der Waals surface area contributed by atoms with E-state index in [1.807, 2.05) is 36.6 Å². The number of thioether (sulfide) groups is 1. The van der Waals surface area contributed by atoms with E-state index in [0.29, 0.717) is 30.9 Å². The van der Waals surface area contributed by atoms with Crippen molar-refractivity contribution in [2.75, 3.05) is 32.3 Å². The molecule has 2 amide bonds. The van der Waals surface area contributed by atoms with Crippen LogP contribution < -0.4 is 10.1 Å². The summed E-state index contributed by atoms with van der Waals surface area (Å²) in [6.45, 7) is 0.711.